The van der Waals surface area contributed by atoms with Gasteiger partial charge in [-0.05, 0) is 30.4 Å². The van der Waals surface area contributed by atoms with E-state index in [1.54, 1.807) is 6.07 Å². The largest absolute Gasteiger partial charge is 0.340 e. The predicted octanol–water partition coefficient (Wildman–Crippen LogP) is 3.42. The first kappa shape index (κ1) is 12.8. The van der Waals surface area contributed by atoms with E-state index < -0.39 is 0 Å². The van der Waals surface area contributed by atoms with Crippen LogP contribution in [0.4, 0.5) is 0 Å². The lowest BCUT2D eigenvalue weighted by atomic mass is 10.3. The molecule has 3 aromatic heterocycles. The summed E-state index contributed by atoms with van der Waals surface area (Å²) in [6.45, 7) is 0.716. The second kappa shape index (κ2) is 5.15. The van der Waals surface area contributed by atoms with Crippen LogP contribution in [0.5, 0.6) is 0 Å². The maximum atomic E-state index is 11.8. The van der Waals surface area contributed by atoms with Gasteiger partial charge in [0, 0.05) is 18.5 Å². The molecule has 0 spiro atoms. The van der Waals surface area contributed by atoms with Crippen molar-refractivity contribution >= 4 is 21.6 Å². The molecule has 5 heteroatoms. The van der Waals surface area contributed by atoms with E-state index in [4.69, 9.17) is 5.10 Å². The zero-order chi connectivity index (χ0) is 14.2. The Bertz CT molecular complexity index is 823. The van der Waals surface area contributed by atoms with Crippen LogP contribution in [0.1, 0.15) is 37.4 Å². The van der Waals surface area contributed by atoms with Crippen molar-refractivity contribution in [1.29, 1.82) is 0 Å². The molecule has 21 heavy (non-hydrogen) atoms. The van der Waals surface area contributed by atoms with Crippen molar-refractivity contribution in [2.24, 2.45) is 0 Å². The summed E-state index contributed by atoms with van der Waals surface area (Å²) in [5, 5.41) is 6.69. The summed E-state index contributed by atoms with van der Waals surface area (Å²) in [5.74, 6) is 0. The van der Waals surface area contributed by atoms with Crippen LogP contribution in [0.2, 0.25) is 0 Å². The molecule has 0 atom stereocenters. The van der Waals surface area contributed by atoms with E-state index in [9.17, 15) is 4.79 Å². The van der Waals surface area contributed by atoms with Crippen LogP contribution in [-0.2, 0) is 6.54 Å². The molecular formula is C16H17N3OS. The van der Waals surface area contributed by atoms with Crippen LogP contribution in [0.25, 0.3) is 10.2 Å². The van der Waals surface area contributed by atoms with Crippen LogP contribution in [0.15, 0.2) is 40.8 Å². The van der Waals surface area contributed by atoms with E-state index in [0.717, 1.165) is 15.9 Å². The molecule has 0 amide bonds. The summed E-state index contributed by atoms with van der Waals surface area (Å²) in [6.07, 6.45) is 9.08. The molecule has 0 bridgehead atoms. The van der Waals surface area contributed by atoms with Gasteiger partial charge in [-0.1, -0.05) is 12.8 Å². The number of nitrogens with zero attached hydrogens (tertiary/aromatic N) is 3. The molecule has 3 heterocycles. The highest BCUT2D eigenvalue weighted by molar-refractivity contribution is 7.17. The third-order valence-corrected chi connectivity index (χ3v) is 5.20. The van der Waals surface area contributed by atoms with Crippen molar-refractivity contribution in [3.63, 3.8) is 0 Å². The highest BCUT2D eigenvalue weighted by atomic mass is 32.1. The fraction of sp³-hybridized carbons (Fsp3) is 0.375. The van der Waals surface area contributed by atoms with Gasteiger partial charge >= 0.3 is 0 Å². The summed E-state index contributed by atoms with van der Waals surface area (Å²) in [5.41, 5.74) is 2.16. The van der Waals surface area contributed by atoms with Crippen LogP contribution in [-0.4, -0.2) is 14.3 Å². The smallest absolute Gasteiger partial charge is 0.199 e. The lowest BCUT2D eigenvalue weighted by Crippen LogP contribution is -2.09. The SMILES string of the molecule is O=c1ccn(Cc2ccn(C3CCCC3)n2)c2ccsc12. The van der Waals surface area contributed by atoms with Gasteiger partial charge in [-0.3, -0.25) is 9.48 Å². The second-order valence-electron chi connectivity index (χ2n) is 5.67. The normalized spacial score (nSPS) is 16.0. The van der Waals surface area contributed by atoms with Crippen LogP contribution in [0, 0.1) is 0 Å². The lowest BCUT2D eigenvalue weighted by molar-refractivity contribution is 0.462. The lowest BCUT2D eigenvalue weighted by Gasteiger charge is -2.09. The average Bonchev–Trinajstić information content (AvgIpc) is 3.22. The monoisotopic (exact) mass is 299 g/mol. The van der Waals surface area contributed by atoms with Crippen molar-refractivity contribution in [2.45, 2.75) is 38.3 Å². The Kier molecular flexibility index (Phi) is 3.15. The van der Waals surface area contributed by atoms with Crippen LogP contribution >= 0.6 is 11.3 Å². The van der Waals surface area contributed by atoms with Gasteiger partial charge in [0.05, 0.1) is 28.5 Å². The molecule has 1 saturated carbocycles. The van der Waals surface area contributed by atoms with Gasteiger partial charge < -0.3 is 4.57 Å². The third-order valence-electron chi connectivity index (χ3n) is 4.28. The van der Waals surface area contributed by atoms with Gasteiger partial charge in [-0.25, -0.2) is 0 Å². The Balaban J connectivity index is 1.64. The van der Waals surface area contributed by atoms with Gasteiger partial charge in [0.1, 0.15) is 0 Å². The maximum absolute atomic E-state index is 11.8. The molecule has 0 radical (unpaired) electrons. The summed E-state index contributed by atoms with van der Waals surface area (Å²) in [6, 6.07) is 6.32. The fourth-order valence-electron chi connectivity index (χ4n) is 3.17. The van der Waals surface area contributed by atoms with Gasteiger partial charge in [0.2, 0.25) is 0 Å². The van der Waals surface area contributed by atoms with Gasteiger partial charge in [0.15, 0.2) is 5.43 Å². The van der Waals surface area contributed by atoms with Crippen LogP contribution < -0.4 is 5.43 Å². The van der Waals surface area contributed by atoms with E-state index >= 15 is 0 Å². The minimum Gasteiger partial charge on any atom is -0.340 e. The molecule has 0 N–H and O–H groups in total. The second-order valence-corrected chi connectivity index (χ2v) is 6.58. The van der Waals surface area contributed by atoms with E-state index in [0.29, 0.717) is 12.6 Å². The van der Waals surface area contributed by atoms with E-state index in [2.05, 4.69) is 21.5 Å². The minimum absolute atomic E-state index is 0.104. The van der Waals surface area contributed by atoms with E-state index in [1.807, 2.05) is 17.6 Å². The third kappa shape index (κ3) is 2.31. The Morgan fingerprint density at radius 1 is 1.19 bits per heavy atom. The molecule has 1 aliphatic carbocycles. The molecule has 1 fully saturated rings. The Labute approximate surface area is 126 Å². The van der Waals surface area contributed by atoms with Crippen molar-refractivity contribution in [1.82, 2.24) is 14.3 Å². The maximum Gasteiger partial charge on any atom is 0.199 e. The van der Waals surface area contributed by atoms with Crippen LogP contribution in [0.3, 0.4) is 0 Å². The molecule has 0 saturated heterocycles. The first-order valence-electron chi connectivity index (χ1n) is 7.42. The standard InChI is InChI=1S/C16H17N3OS/c20-15-6-8-18(14-7-10-21-16(14)15)11-12-5-9-19(17-12)13-3-1-2-4-13/h5-10,13H,1-4,11H2. The molecule has 108 valence electrons. The Morgan fingerprint density at radius 3 is 2.90 bits per heavy atom. The number of aromatic nitrogens is 3. The van der Waals surface area contributed by atoms with Gasteiger partial charge in [-0.15, -0.1) is 11.3 Å². The van der Waals surface area contributed by atoms with Crippen molar-refractivity contribution in [3.05, 3.63) is 51.9 Å². The molecule has 4 rings (SSSR count). The first-order valence-corrected chi connectivity index (χ1v) is 8.30. The van der Waals surface area contributed by atoms with Crippen molar-refractivity contribution in [3.8, 4) is 0 Å². The zero-order valence-electron chi connectivity index (χ0n) is 11.7. The number of thiophene rings is 1. The van der Waals surface area contributed by atoms with Gasteiger partial charge in [-0.2, -0.15) is 5.10 Å². The molecule has 1 aliphatic rings. The van der Waals surface area contributed by atoms with Crippen molar-refractivity contribution in [2.75, 3.05) is 0 Å². The highest BCUT2D eigenvalue weighted by Crippen LogP contribution is 2.28. The summed E-state index contributed by atoms with van der Waals surface area (Å²) in [7, 11) is 0. The molecular weight excluding hydrogens is 282 g/mol. The summed E-state index contributed by atoms with van der Waals surface area (Å²) < 4.78 is 5.05. The first-order chi connectivity index (χ1) is 10.3. The summed E-state index contributed by atoms with van der Waals surface area (Å²) in [4.78, 5) is 11.8. The average molecular weight is 299 g/mol. The number of pyridine rings is 1. The summed E-state index contributed by atoms with van der Waals surface area (Å²) >= 11 is 1.51. The highest BCUT2D eigenvalue weighted by Gasteiger charge is 2.17. The Hall–Kier alpha value is -1.88. The topological polar surface area (TPSA) is 39.8 Å². The quantitative estimate of drug-likeness (QED) is 0.743. The number of rotatable bonds is 3. The van der Waals surface area contributed by atoms with Gasteiger partial charge in [0.25, 0.3) is 0 Å². The molecule has 3 aromatic rings. The van der Waals surface area contributed by atoms with Crippen molar-refractivity contribution < 1.29 is 0 Å². The molecule has 0 aromatic carbocycles. The number of hydrogen-bond acceptors (Lipinski definition) is 3. The zero-order valence-corrected chi connectivity index (χ0v) is 12.6. The molecule has 0 aliphatic heterocycles. The predicted molar refractivity (Wildman–Crippen MR) is 84.9 cm³/mol. The minimum atomic E-state index is 0.104. The van der Waals surface area contributed by atoms with E-state index in [-0.39, 0.29) is 5.43 Å². The number of hydrogen-bond donors (Lipinski definition) is 0. The molecule has 4 nitrogen and oxygen atoms in total. The Morgan fingerprint density at radius 2 is 2.05 bits per heavy atom. The number of fused-ring (bicyclic) bond motifs is 1. The van der Waals surface area contributed by atoms with E-state index in [1.165, 1.54) is 37.0 Å². The fourth-order valence-corrected chi connectivity index (χ4v) is 4.00. The molecule has 0 unspecified atom stereocenters.